The Hall–Kier alpha value is -2.10. The number of rotatable bonds is 3. The SMILES string of the molecule is Cc1cccc(C)c1CCC(=O)n1oc(=O)c2c1CCCC2. The molecule has 1 aliphatic carbocycles. The van der Waals surface area contributed by atoms with Gasteiger partial charge in [-0.05, 0) is 62.6 Å². The molecule has 0 fully saturated rings. The van der Waals surface area contributed by atoms with E-state index in [1.54, 1.807) is 0 Å². The molecule has 1 aliphatic rings. The van der Waals surface area contributed by atoms with Crippen molar-refractivity contribution in [2.45, 2.75) is 52.4 Å². The fraction of sp³-hybridized carbons (Fsp3) is 0.444. The largest absolute Gasteiger partial charge is 0.361 e. The van der Waals surface area contributed by atoms with Crippen LogP contribution in [0.15, 0.2) is 27.5 Å². The Bertz CT molecular complexity index is 747. The summed E-state index contributed by atoms with van der Waals surface area (Å²) in [6, 6.07) is 6.15. The molecule has 22 heavy (non-hydrogen) atoms. The minimum absolute atomic E-state index is 0.122. The Morgan fingerprint density at radius 2 is 1.86 bits per heavy atom. The molecule has 1 heterocycles. The zero-order chi connectivity index (χ0) is 15.7. The van der Waals surface area contributed by atoms with Gasteiger partial charge in [0, 0.05) is 6.42 Å². The lowest BCUT2D eigenvalue weighted by molar-refractivity contribution is 0.0768. The van der Waals surface area contributed by atoms with E-state index in [0.29, 0.717) is 18.4 Å². The third-order valence-corrected chi connectivity index (χ3v) is 4.56. The second-order valence-electron chi connectivity index (χ2n) is 6.07. The van der Waals surface area contributed by atoms with Crippen LogP contribution in [-0.2, 0) is 19.3 Å². The average Bonchev–Trinajstić information content (AvgIpc) is 2.84. The van der Waals surface area contributed by atoms with Crippen LogP contribution in [-0.4, -0.2) is 10.6 Å². The van der Waals surface area contributed by atoms with Crippen LogP contribution in [0.2, 0.25) is 0 Å². The Morgan fingerprint density at radius 3 is 2.59 bits per heavy atom. The number of aryl methyl sites for hydroxylation is 2. The molecule has 0 amide bonds. The third-order valence-electron chi connectivity index (χ3n) is 4.56. The van der Waals surface area contributed by atoms with Crippen LogP contribution >= 0.6 is 0 Å². The minimum Gasteiger partial charge on any atom is -0.328 e. The van der Waals surface area contributed by atoms with Gasteiger partial charge in [0.1, 0.15) is 0 Å². The highest BCUT2D eigenvalue weighted by atomic mass is 16.5. The van der Waals surface area contributed by atoms with Gasteiger partial charge in [0.15, 0.2) is 0 Å². The van der Waals surface area contributed by atoms with Crippen molar-refractivity contribution in [3.8, 4) is 0 Å². The molecular formula is C18H21NO3. The van der Waals surface area contributed by atoms with E-state index in [4.69, 9.17) is 4.52 Å². The van der Waals surface area contributed by atoms with Gasteiger partial charge >= 0.3 is 5.63 Å². The van der Waals surface area contributed by atoms with Crippen molar-refractivity contribution in [2.24, 2.45) is 0 Å². The van der Waals surface area contributed by atoms with Crippen LogP contribution < -0.4 is 5.63 Å². The van der Waals surface area contributed by atoms with Crippen molar-refractivity contribution in [1.82, 2.24) is 4.74 Å². The molecule has 1 aromatic carbocycles. The van der Waals surface area contributed by atoms with E-state index >= 15 is 0 Å². The highest BCUT2D eigenvalue weighted by Crippen LogP contribution is 2.20. The van der Waals surface area contributed by atoms with E-state index in [0.717, 1.165) is 31.4 Å². The van der Waals surface area contributed by atoms with Gasteiger partial charge in [-0.1, -0.05) is 18.2 Å². The average molecular weight is 299 g/mol. The van der Waals surface area contributed by atoms with Crippen molar-refractivity contribution < 1.29 is 9.32 Å². The summed E-state index contributed by atoms with van der Waals surface area (Å²) in [5.41, 5.74) is 4.76. The number of aromatic nitrogens is 1. The van der Waals surface area contributed by atoms with E-state index in [1.807, 2.05) is 6.07 Å². The van der Waals surface area contributed by atoms with Gasteiger partial charge in [-0.3, -0.25) is 4.79 Å². The van der Waals surface area contributed by atoms with Gasteiger partial charge < -0.3 is 4.52 Å². The number of carbonyl (C=O) groups is 1. The van der Waals surface area contributed by atoms with Crippen molar-refractivity contribution >= 4 is 5.91 Å². The standard InChI is InChI=1S/C18H21NO3/c1-12-6-5-7-13(2)14(12)10-11-17(20)19-16-9-4-3-8-15(16)18(21)22-19/h5-7H,3-4,8-11H2,1-2H3. The molecule has 4 heteroatoms. The summed E-state index contributed by atoms with van der Waals surface area (Å²) in [6.07, 6.45) is 4.53. The molecular weight excluding hydrogens is 278 g/mol. The highest BCUT2D eigenvalue weighted by Gasteiger charge is 2.23. The first-order valence-corrected chi connectivity index (χ1v) is 7.90. The normalized spacial score (nSPS) is 13.9. The minimum atomic E-state index is -0.338. The van der Waals surface area contributed by atoms with Gasteiger partial charge in [0.2, 0.25) is 0 Å². The fourth-order valence-electron chi connectivity index (χ4n) is 3.30. The lowest BCUT2D eigenvalue weighted by Crippen LogP contribution is -2.16. The van der Waals surface area contributed by atoms with Crippen molar-refractivity contribution in [2.75, 3.05) is 0 Å². The third kappa shape index (κ3) is 2.65. The van der Waals surface area contributed by atoms with Gasteiger partial charge in [0.25, 0.3) is 5.91 Å². The number of benzene rings is 1. The molecule has 0 saturated heterocycles. The Morgan fingerprint density at radius 1 is 1.18 bits per heavy atom. The van der Waals surface area contributed by atoms with Crippen molar-refractivity contribution in [3.05, 3.63) is 56.6 Å². The van der Waals surface area contributed by atoms with Crippen LogP contribution in [0.5, 0.6) is 0 Å². The van der Waals surface area contributed by atoms with Gasteiger partial charge in [-0.25, -0.2) is 4.79 Å². The first-order chi connectivity index (χ1) is 10.6. The second-order valence-corrected chi connectivity index (χ2v) is 6.07. The Kier molecular flexibility index (Phi) is 4.01. The highest BCUT2D eigenvalue weighted by molar-refractivity contribution is 5.78. The fourth-order valence-corrected chi connectivity index (χ4v) is 3.30. The summed E-state index contributed by atoms with van der Waals surface area (Å²) in [5.74, 6) is -0.122. The Balaban J connectivity index is 1.80. The van der Waals surface area contributed by atoms with E-state index in [9.17, 15) is 9.59 Å². The first kappa shape index (κ1) is 14.8. The van der Waals surface area contributed by atoms with Crippen LogP contribution in [0.25, 0.3) is 0 Å². The topological polar surface area (TPSA) is 52.2 Å². The van der Waals surface area contributed by atoms with Crippen molar-refractivity contribution in [3.63, 3.8) is 0 Å². The lowest BCUT2D eigenvalue weighted by Gasteiger charge is -2.12. The zero-order valence-electron chi connectivity index (χ0n) is 13.1. The zero-order valence-corrected chi connectivity index (χ0v) is 13.1. The molecule has 0 bridgehead atoms. The summed E-state index contributed by atoms with van der Waals surface area (Å²) in [7, 11) is 0. The summed E-state index contributed by atoms with van der Waals surface area (Å²) in [4.78, 5) is 24.3. The number of nitrogens with zero attached hydrogens (tertiary/aromatic N) is 1. The molecule has 0 radical (unpaired) electrons. The maximum atomic E-state index is 12.5. The smallest absolute Gasteiger partial charge is 0.328 e. The van der Waals surface area contributed by atoms with E-state index < -0.39 is 0 Å². The summed E-state index contributed by atoms with van der Waals surface area (Å²) in [5, 5.41) is 0. The monoisotopic (exact) mass is 299 g/mol. The maximum absolute atomic E-state index is 12.5. The van der Waals surface area contributed by atoms with Gasteiger partial charge in [0.05, 0.1) is 11.3 Å². The predicted molar refractivity (Wildman–Crippen MR) is 84.5 cm³/mol. The van der Waals surface area contributed by atoms with Crippen LogP contribution in [0, 0.1) is 13.8 Å². The molecule has 0 spiro atoms. The first-order valence-electron chi connectivity index (χ1n) is 7.90. The molecule has 116 valence electrons. The molecule has 1 aromatic heterocycles. The summed E-state index contributed by atoms with van der Waals surface area (Å²) >= 11 is 0. The molecule has 0 aliphatic heterocycles. The van der Waals surface area contributed by atoms with E-state index in [2.05, 4.69) is 26.0 Å². The molecule has 0 unspecified atom stereocenters. The molecule has 4 nitrogen and oxygen atoms in total. The summed E-state index contributed by atoms with van der Waals surface area (Å²) < 4.78 is 6.44. The number of hydrogen-bond acceptors (Lipinski definition) is 3. The van der Waals surface area contributed by atoms with E-state index in [1.165, 1.54) is 21.4 Å². The van der Waals surface area contributed by atoms with Gasteiger partial charge in [-0.15, -0.1) is 4.74 Å². The number of carbonyl (C=O) groups excluding carboxylic acids is 1. The van der Waals surface area contributed by atoms with Crippen LogP contribution in [0.3, 0.4) is 0 Å². The molecule has 0 atom stereocenters. The molecule has 0 saturated carbocycles. The van der Waals surface area contributed by atoms with Crippen molar-refractivity contribution in [1.29, 1.82) is 0 Å². The molecule has 3 rings (SSSR count). The number of fused-ring (bicyclic) bond motifs is 1. The predicted octanol–water partition coefficient (Wildman–Crippen LogP) is 3.21. The molecule has 0 N–H and O–H groups in total. The summed E-state index contributed by atoms with van der Waals surface area (Å²) in [6.45, 7) is 4.12. The number of hydrogen-bond donors (Lipinski definition) is 0. The maximum Gasteiger partial charge on any atom is 0.361 e. The quantitative estimate of drug-likeness (QED) is 0.874. The van der Waals surface area contributed by atoms with Crippen LogP contribution in [0.4, 0.5) is 0 Å². The van der Waals surface area contributed by atoms with Crippen LogP contribution in [0.1, 0.15) is 52.0 Å². The Labute approximate surface area is 129 Å². The molecule has 2 aromatic rings. The lowest BCUT2D eigenvalue weighted by atomic mass is 9.97. The second kappa shape index (κ2) is 5.95. The van der Waals surface area contributed by atoms with Gasteiger partial charge in [-0.2, -0.15) is 0 Å². The van der Waals surface area contributed by atoms with E-state index in [-0.39, 0.29) is 11.5 Å².